The average Bonchev–Trinajstić information content (AvgIpc) is 2.35. The maximum absolute atomic E-state index is 12.2. The number of carboxylic acids is 1. The molecule has 2 rings (SSSR count). The lowest BCUT2D eigenvalue weighted by molar-refractivity contribution is 0.0694. The molecule has 0 aliphatic carbocycles. The summed E-state index contributed by atoms with van der Waals surface area (Å²) in [7, 11) is 3.08. The Bertz CT molecular complexity index is 743. The summed E-state index contributed by atoms with van der Waals surface area (Å²) in [5.74, 6) is -0.651. The van der Waals surface area contributed by atoms with Gasteiger partial charge in [0.1, 0.15) is 11.3 Å². The largest absolute Gasteiger partial charge is 0.495 e. The fourth-order valence-electron chi connectivity index (χ4n) is 2.45. The van der Waals surface area contributed by atoms with Crippen molar-refractivity contribution in [2.45, 2.75) is 13.8 Å². The first kappa shape index (κ1) is 13.1. The molecule has 0 unspecified atom stereocenters. The van der Waals surface area contributed by atoms with Gasteiger partial charge in [-0.05, 0) is 31.0 Å². The van der Waals surface area contributed by atoms with E-state index in [1.54, 1.807) is 20.0 Å². The normalized spacial score (nSPS) is 10.7. The number of aromatic nitrogens is 1. The van der Waals surface area contributed by atoms with E-state index in [0.29, 0.717) is 16.8 Å². The minimum absolute atomic E-state index is 0.189. The number of fused-ring (bicyclic) bond motifs is 1. The summed E-state index contributed by atoms with van der Waals surface area (Å²) in [6.07, 6.45) is 0. The van der Waals surface area contributed by atoms with Gasteiger partial charge in [-0.15, -0.1) is 0 Å². The van der Waals surface area contributed by atoms with Crippen molar-refractivity contribution in [3.05, 3.63) is 39.2 Å². The number of aromatic carboxylic acids is 1. The van der Waals surface area contributed by atoms with Crippen molar-refractivity contribution in [1.82, 2.24) is 4.57 Å². The molecule has 0 atom stereocenters. The Morgan fingerprint density at radius 2 is 1.95 bits per heavy atom. The molecule has 1 aromatic carbocycles. The second-order valence-electron chi connectivity index (χ2n) is 4.48. The molecule has 0 bridgehead atoms. The fraction of sp³-hybridized carbons (Fsp3) is 0.286. The van der Waals surface area contributed by atoms with Crippen molar-refractivity contribution < 1.29 is 14.6 Å². The van der Waals surface area contributed by atoms with Crippen LogP contribution in [0, 0.1) is 13.8 Å². The van der Waals surface area contributed by atoms with E-state index in [1.165, 1.54) is 11.7 Å². The van der Waals surface area contributed by atoms with Crippen molar-refractivity contribution in [3.63, 3.8) is 0 Å². The third-order valence-electron chi connectivity index (χ3n) is 3.39. The van der Waals surface area contributed by atoms with Gasteiger partial charge in [-0.3, -0.25) is 4.79 Å². The molecule has 0 aliphatic heterocycles. The minimum atomic E-state index is -1.21. The van der Waals surface area contributed by atoms with Crippen LogP contribution in [0.3, 0.4) is 0 Å². The molecule has 19 heavy (non-hydrogen) atoms. The number of hydrogen-bond donors (Lipinski definition) is 1. The Kier molecular flexibility index (Phi) is 3.06. The van der Waals surface area contributed by atoms with Crippen LogP contribution in [0.25, 0.3) is 10.9 Å². The zero-order valence-electron chi connectivity index (χ0n) is 11.3. The van der Waals surface area contributed by atoms with Gasteiger partial charge in [0.2, 0.25) is 0 Å². The van der Waals surface area contributed by atoms with Crippen molar-refractivity contribution in [3.8, 4) is 5.75 Å². The number of rotatable bonds is 2. The average molecular weight is 261 g/mol. The molecule has 2 aromatic rings. The number of nitrogens with zero attached hydrogens (tertiary/aromatic N) is 1. The van der Waals surface area contributed by atoms with Gasteiger partial charge in [0, 0.05) is 12.4 Å². The molecule has 100 valence electrons. The van der Waals surface area contributed by atoms with E-state index in [9.17, 15) is 14.7 Å². The first-order chi connectivity index (χ1) is 8.90. The molecule has 1 N–H and O–H groups in total. The highest BCUT2D eigenvalue weighted by Crippen LogP contribution is 2.30. The Hall–Kier alpha value is -2.30. The predicted octanol–water partition coefficient (Wildman–Crippen LogP) is 1.86. The molecule has 0 aliphatic rings. The van der Waals surface area contributed by atoms with Crippen LogP contribution in [0.4, 0.5) is 0 Å². The maximum atomic E-state index is 12.2. The quantitative estimate of drug-likeness (QED) is 0.896. The summed E-state index contributed by atoms with van der Waals surface area (Å²) in [4.78, 5) is 23.4. The van der Waals surface area contributed by atoms with Gasteiger partial charge in [-0.2, -0.15) is 0 Å². The first-order valence-electron chi connectivity index (χ1n) is 5.80. The Morgan fingerprint density at radius 1 is 1.32 bits per heavy atom. The number of pyridine rings is 1. The number of benzene rings is 1. The smallest absolute Gasteiger partial charge is 0.341 e. The van der Waals surface area contributed by atoms with Gasteiger partial charge in [-0.25, -0.2) is 4.79 Å². The highest BCUT2D eigenvalue weighted by molar-refractivity contribution is 5.99. The van der Waals surface area contributed by atoms with Gasteiger partial charge >= 0.3 is 5.97 Å². The molecule has 5 heteroatoms. The molecule has 1 aromatic heterocycles. The van der Waals surface area contributed by atoms with E-state index in [2.05, 4.69) is 0 Å². The van der Waals surface area contributed by atoms with Gasteiger partial charge in [0.05, 0.1) is 12.6 Å². The summed E-state index contributed by atoms with van der Waals surface area (Å²) in [5, 5.41) is 9.95. The summed E-state index contributed by atoms with van der Waals surface area (Å²) < 4.78 is 6.60. The van der Waals surface area contributed by atoms with Crippen LogP contribution in [0.2, 0.25) is 0 Å². The lowest BCUT2D eigenvalue weighted by atomic mass is 10.00. The van der Waals surface area contributed by atoms with Crippen LogP contribution < -0.4 is 10.3 Å². The lowest BCUT2D eigenvalue weighted by Gasteiger charge is -2.15. The molecule has 0 spiro atoms. The number of hydrogen-bond acceptors (Lipinski definition) is 3. The van der Waals surface area contributed by atoms with Crippen LogP contribution in [-0.4, -0.2) is 22.8 Å². The number of carbonyl (C=O) groups is 1. The molecule has 0 saturated carbocycles. The molecule has 0 radical (unpaired) electrons. The molecule has 5 nitrogen and oxygen atoms in total. The molecular weight excluding hydrogens is 246 g/mol. The fourth-order valence-corrected chi connectivity index (χ4v) is 2.45. The number of aryl methyl sites for hydroxylation is 3. The van der Waals surface area contributed by atoms with E-state index >= 15 is 0 Å². The minimum Gasteiger partial charge on any atom is -0.495 e. The number of carboxylic acid groups (broad SMARTS) is 1. The first-order valence-corrected chi connectivity index (χ1v) is 5.80. The Labute approximate surface area is 110 Å². The molecular formula is C14H15NO4. The zero-order chi connectivity index (χ0) is 14.3. The van der Waals surface area contributed by atoms with Crippen LogP contribution in [-0.2, 0) is 7.05 Å². The zero-order valence-corrected chi connectivity index (χ0v) is 11.3. The van der Waals surface area contributed by atoms with Crippen molar-refractivity contribution in [2.24, 2.45) is 7.05 Å². The second-order valence-corrected chi connectivity index (χ2v) is 4.48. The van der Waals surface area contributed by atoms with Crippen LogP contribution in [0.5, 0.6) is 5.75 Å². The molecule has 0 saturated heterocycles. The van der Waals surface area contributed by atoms with Gasteiger partial charge in [0.15, 0.2) is 0 Å². The standard InChI is InChI=1S/C14H15NO4/c1-7-5-6-9(19-4)12-10(7)8(2)11(14(17)18)13(16)15(12)3/h5-6H,1-4H3,(H,17,18). The molecule has 0 fully saturated rings. The van der Waals surface area contributed by atoms with Crippen LogP contribution in [0.15, 0.2) is 16.9 Å². The Balaban J connectivity index is 3.15. The lowest BCUT2D eigenvalue weighted by Crippen LogP contribution is -2.26. The van der Waals surface area contributed by atoms with Crippen molar-refractivity contribution in [1.29, 1.82) is 0 Å². The van der Waals surface area contributed by atoms with E-state index < -0.39 is 11.5 Å². The van der Waals surface area contributed by atoms with Crippen LogP contribution in [0.1, 0.15) is 21.5 Å². The third kappa shape index (κ3) is 1.78. The highest BCUT2D eigenvalue weighted by Gasteiger charge is 2.20. The third-order valence-corrected chi connectivity index (χ3v) is 3.39. The van der Waals surface area contributed by atoms with E-state index in [-0.39, 0.29) is 5.56 Å². The van der Waals surface area contributed by atoms with Gasteiger partial charge in [-0.1, -0.05) is 6.07 Å². The van der Waals surface area contributed by atoms with Crippen LogP contribution >= 0.6 is 0 Å². The Morgan fingerprint density at radius 3 is 2.47 bits per heavy atom. The topological polar surface area (TPSA) is 68.5 Å². The summed E-state index contributed by atoms with van der Waals surface area (Å²) in [6.45, 7) is 3.53. The maximum Gasteiger partial charge on any atom is 0.341 e. The van der Waals surface area contributed by atoms with E-state index in [0.717, 1.165) is 10.9 Å². The molecule has 1 heterocycles. The van der Waals surface area contributed by atoms with Crippen molar-refractivity contribution in [2.75, 3.05) is 7.11 Å². The number of ether oxygens (including phenoxy) is 1. The van der Waals surface area contributed by atoms with E-state index in [4.69, 9.17) is 4.74 Å². The van der Waals surface area contributed by atoms with Crippen molar-refractivity contribution >= 4 is 16.9 Å². The summed E-state index contributed by atoms with van der Waals surface area (Å²) in [6, 6.07) is 3.63. The predicted molar refractivity (Wildman–Crippen MR) is 72.2 cm³/mol. The van der Waals surface area contributed by atoms with Gasteiger partial charge in [0.25, 0.3) is 5.56 Å². The van der Waals surface area contributed by atoms with Gasteiger partial charge < -0.3 is 14.4 Å². The molecule has 0 amide bonds. The van der Waals surface area contributed by atoms with E-state index in [1.807, 2.05) is 13.0 Å². The number of methoxy groups -OCH3 is 1. The summed E-state index contributed by atoms with van der Waals surface area (Å²) >= 11 is 0. The second kappa shape index (κ2) is 4.42. The monoisotopic (exact) mass is 261 g/mol. The SMILES string of the molecule is COc1ccc(C)c2c(C)c(C(=O)O)c(=O)n(C)c12. The highest BCUT2D eigenvalue weighted by atomic mass is 16.5. The summed E-state index contributed by atoms with van der Waals surface area (Å²) in [5.41, 5.74) is 1.29.